The van der Waals surface area contributed by atoms with Crippen molar-refractivity contribution in [3.8, 4) is 0 Å². The third-order valence-electron chi connectivity index (χ3n) is 1.97. The fourth-order valence-electron chi connectivity index (χ4n) is 1.10. The molecule has 1 rings (SSSR count). The Balaban J connectivity index is 2.45. The second-order valence-corrected chi connectivity index (χ2v) is 5.32. The van der Waals surface area contributed by atoms with Crippen LogP contribution in [0, 0.1) is 0 Å². The number of halogens is 3. The van der Waals surface area contributed by atoms with E-state index in [1.54, 1.807) is 7.05 Å². The highest BCUT2D eigenvalue weighted by Gasteiger charge is 2.27. The number of hydrogen-bond donors (Lipinski definition) is 2. The highest BCUT2D eigenvalue weighted by atomic mass is 32.2. The minimum atomic E-state index is -4.43. The number of aromatic nitrogens is 2. The number of nitrogens with one attached hydrogen (secondary N) is 2. The smallest absolute Gasteiger partial charge is 0.371 e. The summed E-state index contributed by atoms with van der Waals surface area (Å²) in [5, 5.41) is 2.62. The topological polar surface area (TPSA) is 93.2 Å². The molecule has 0 atom stereocenters. The summed E-state index contributed by atoms with van der Waals surface area (Å²) in [6, 6.07) is 0. The summed E-state index contributed by atoms with van der Waals surface area (Å²) in [6.45, 7) is -2.10. The van der Waals surface area contributed by atoms with Gasteiger partial charge in [-0.05, 0) is 0 Å². The lowest BCUT2D eigenvalue weighted by atomic mass is 10.7. The van der Waals surface area contributed by atoms with Crippen molar-refractivity contribution in [2.45, 2.75) is 11.1 Å². The standard InChI is InChI=1S/C9H13F3N4O3S/c1-13-8-14-4-7(5-15-8)20(17,18)16-2-3-19-6-9(10,11)12/h4-5,16H,2-3,6H2,1H3,(H,13,14,15). The van der Waals surface area contributed by atoms with Gasteiger partial charge in [-0.15, -0.1) is 0 Å². The second-order valence-electron chi connectivity index (χ2n) is 3.56. The lowest BCUT2D eigenvalue weighted by Crippen LogP contribution is -2.29. The van der Waals surface area contributed by atoms with Crippen molar-refractivity contribution in [3.05, 3.63) is 12.4 Å². The molecule has 0 bridgehead atoms. The van der Waals surface area contributed by atoms with Gasteiger partial charge in [0.2, 0.25) is 16.0 Å². The molecule has 0 fully saturated rings. The van der Waals surface area contributed by atoms with Gasteiger partial charge in [-0.1, -0.05) is 0 Å². The third-order valence-corrected chi connectivity index (χ3v) is 3.38. The van der Waals surface area contributed by atoms with E-state index in [1.165, 1.54) is 0 Å². The zero-order valence-electron chi connectivity index (χ0n) is 10.4. The Bertz CT molecular complexity index is 518. The molecule has 20 heavy (non-hydrogen) atoms. The normalized spacial score (nSPS) is 12.4. The summed E-state index contributed by atoms with van der Waals surface area (Å²) in [7, 11) is -2.30. The van der Waals surface area contributed by atoms with Crippen LogP contribution in [0.15, 0.2) is 17.3 Å². The molecule has 0 aliphatic rings. The molecule has 0 saturated heterocycles. The van der Waals surface area contributed by atoms with Crippen molar-refractivity contribution in [2.75, 3.05) is 32.1 Å². The highest BCUT2D eigenvalue weighted by molar-refractivity contribution is 7.89. The molecular weight excluding hydrogens is 301 g/mol. The molecule has 1 aromatic rings. The minimum absolute atomic E-state index is 0.188. The van der Waals surface area contributed by atoms with Gasteiger partial charge >= 0.3 is 6.18 Å². The molecule has 2 N–H and O–H groups in total. The molecule has 0 saturated carbocycles. The van der Waals surface area contributed by atoms with Crippen molar-refractivity contribution in [1.82, 2.24) is 14.7 Å². The first-order valence-electron chi connectivity index (χ1n) is 5.38. The maximum absolute atomic E-state index is 11.8. The number of nitrogens with zero attached hydrogens (tertiary/aromatic N) is 2. The fraction of sp³-hybridized carbons (Fsp3) is 0.556. The van der Waals surface area contributed by atoms with Crippen molar-refractivity contribution < 1.29 is 26.3 Å². The van der Waals surface area contributed by atoms with Gasteiger partial charge in [-0.3, -0.25) is 0 Å². The Morgan fingerprint density at radius 1 is 1.30 bits per heavy atom. The van der Waals surface area contributed by atoms with Crippen LogP contribution in [0.25, 0.3) is 0 Å². The quantitative estimate of drug-likeness (QED) is 0.707. The zero-order chi connectivity index (χ0) is 15.2. The van der Waals surface area contributed by atoms with Crippen molar-refractivity contribution in [1.29, 1.82) is 0 Å². The molecule has 0 aromatic carbocycles. The van der Waals surface area contributed by atoms with Crippen molar-refractivity contribution in [3.63, 3.8) is 0 Å². The third kappa shape index (κ3) is 5.67. The predicted molar refractivity (Wildman–Crippen MR) is 63.6 cm³/mol. The number of anilines is 1. The van der Waals surface area contributed by atoms with E-state index >= 15 is 0 Å². The van der Waals surface area contributed by atoms with Gasteiger partial charge in [0, 0.05) is 13.6 Å². The summed E-state index contributed by atoms with van der Waals surface area (Å²) in [5.74, 6) is 0.248. The van der Waals surface area contributed by atoms with Crippen LogP contribution in [0.2, 0.25) is 0 Å². The maximum atomic E-state index is 11.8. The van der Waals surface area contributed by atoms with Crippen LogP contribution in [0.4, 0.5) is 19.1 Å². The Kier molecular flexibility index (Phi) is 5.65. The van der Waals surface area contributed by atoms with Crippen LogP contribution in [0.3, 0.4) is 0 Å². The fourth-order valence-corrected chi connectivity index (χ4v) is 2.01. The summed E-state index contributed by atoms with van der Waals surface area (Å²) in [4.78, 5) is 7.25. The number of rotatable bonds is 7. The van der Waals surface area contributed by atoms with Gasteiger partial charge in [0.15, 0.2) is 0 Å². The summed E-state index contributed by atoms with van der Waals surface area (Å²) in [6.07, 6.45) is -2.27. The number of sulfonamides is 1. The van der Waals surface area contributed by atoms with Crippen LogP contribution < -0.4 is 10.0 Å². The molecule has 0 aliphatic carbocycles. The maximum Gasteiger partial charge on any atom is 0.411 e. The summed E-state index contributed by atoms with van der Waals surface area (Å²) < 4.78 is 65.1. The first-order valence-corrected chi connectivity index (χ1v) is 6.87. The van der Waals surface area contributed by atoms with Gasteiger partial charge in [-0.2, -0.15) is 13.2 Å². The molecular formula is C9H13F3N4O3S. The van der Waals surface area contributed by atoms with E-state index in [-0.39, 0.29) is 17.4 Å². The molecule has 0 amide bonds. The number of ether oxygens (including phenoxy) is 1. The molecule has 0 spiro atoms. The van der Waals surface area contributed by atoms with Gasteiger partial charge in [0.25, 0.3) is 0 Å². The molecule has 1 aromatic heterocycles. The largest absolute Gasteiger partial charge is 0.411 e. The Hall–Kier alpha value is -1.46. The summed E-state index contributed by atoms with van der Waals surface area (Å²) >= 11 is 0. The summed E-state index contributed by atoms with van der Waals surface area (Å²) in [5.41, 5.74) is 0. The zero-order valence-corrected chi connectivity index (χ0v) is 11.3. The average molecular weight is 314 g/mol. The van der Waals surface area contributed by atoms with E-state index < -0.39 is 29.4 Å². The number of alkyl halides is 3. The molecule has 11 heteroatoms. The van der Waals surface area contributed by atoms with E-state index in [2.05, 4.69) is 24.7 Å². The van der Waals surface area contributed by atoms with E-state index in [0.717, 1.165) is 12.4 Å². The average Bonchev–Trinajstić information content (AvgIpc) is 2.37. The highest BCUT2D eigenvalue weighted by Crippen LogP contribution is 2.14. The Morgan fingerprint density at radius 3 is 2.40 bits per heavy atom. The molecule has 114 valence electrons. The Labute approximate surface area is 113 Å². The molecule has 1 heterocycles. The monoisotopic (exact) mass is 314 g/mol. The molecule has 0 radical (unpaired) electrons. The first kappa shape index (κ1) is 16.6. The van der Waals surface area contributed by atoms with Crippen LogP contribution in [-0.2, 0) is 14.8 Å². The van der Waals surface area contributed by atoms with Crippen LogP contribution in [0.1, 0.15) is 0 Å². The number of hydrogen-bond acceptors (Lipinski definition) is 6. The van der Waals surface area contributed by atoms with Crippen LogP contribution in [0.5, 0.6) is 0 Å². The predicted octanol–water partition coefficient (Wildman–Crippen LogP) is 0.375. The lowest BCUT2D eigenvalue weighted by Gasteiger charge is -2.09. The van der Waals surface area contributed by atoms with Gasteiger partial charge in [0.1, 0.15) is 11.5 Å². The van der Waals surface area contributed by atoms with E-state index in [9.17, 15) is 21.6 Å². The lowest BCUT2D eigenvalue weighted by molar-refractivity contribution is -0.173. The second kappa shape index (κ2) is 6.81. The van der Waals surface area contributed by atoms with Gasteiger partial charge in [0.05, 0.1) is 19.0 Å². The molecule has 0 aliphatic heterocycles. The van der Waals surface area contributed by atoms with E-state index in [4.69, 9.17) is 0 Å². The Morgan fingerprint density at radius 2 is 1.90 bits per heavy atom. The SMILES string of the molecule is CNc1ncc(S(=O)(=O)NCCOCC(F)(F)F)cn1. The van der Waals surface area contributed by atoms with Crippen LogP contribution >= 0.6 is 0 Å². The molecule has 0 unspecified atom stereocenters. The van der Waals surface area contributed by atoms with E-state index in [0.29, 0.717) is 0 Å². The first-order chi connectivity index (χ1) is 9.24. The van der Waals surface area contributed by atoms with Crippen LogP contribution in [-0.4, -0.2) is 51.4 Å². The molecule has 7 nitrogen and oxygen atoms in total. The van der Waals surface area contributed by atoms with Gasteiger partial charge in [-0.25, -0.2) is 23.1 Å². The minimum Gasteiger partial charge on any atom is -0.371 e. The van der Waals surface area contributed by atoms with Crippen molar-refractivity contribution >= 4 is 16.0 Å². The van der Waals surface area contributed by atoms with Crippen molar-refractivity contribution in [2.24, 2.45) is 0 Å². The van der Waals surface area contributed by atoms with E-state index in [1.807, 2.05) is 0 Å². The van der Waals surface area contributed by atoms with Gasteiger partial charge < -0.3 is 10.1 Å².